The zero-order valence-corrected chi connectivity index (χ0v) is 15.3. The fourth-order valence-electron chi connectivity index (χ4n) is 3.35. The van der Waals surface area contributed by atoms with Crippen molar-refractivity contribution >= 4 is 23.8 Å². The smallest absolute Gasteiger partial charge is 0.324 e. The van der Waals surface area contributed by atoms with Crippen molar-refractivity contribution in [3.8, 4) is 0 Å². The summed E-state index contributed by atoms with van der Waals surface area (Å²) in [6.07, 6.45) is 1.49. The Bertz CT molecular complexity index is 730. The minimum absolute atomic E-state index is 0.0198. The standard InChI is InChI=1S/C19H23N3O5/c1-2-27-18(25)15-4-3-9-21(12-15)17(24)14-7-5-13(6-8-14)11-22-16(23)10-20-19(22)26/h5-8,15H,2-4,9-12H2,1H3,(H,20,26)/t15-/m0/s1. The molecule has 1 aromatic carbocycles. The van der Waals surface area contributed by atoms with Gasteiger partial charge in [-0.3, -0.25) is 19.3 Å². The highest BCUT2D eigenvalue weighted by molar-refractivity contribution is 6.01. The van der Waals surface area contributed by atoms with E-state index < -0.39 is 6.03 Å². The quantitative estimate of drug-likeness (QED) is 0.617. The van der Waals surface area contributed by atoms with Crippen LogP contribution in [0, 0.1) is 5.92 Å². The summed E-state index contributed by atoms with van der Waals surface area (Å²) < 4.78 is 5.07. The Hall–Kier alpha value is -2.90. The van der Waals surface area contributed by atoms with Gasteiger partial charge >= 0.3 is 12.0 Å². The van der Waals surface area contributed by atoms with Crippen molar-refractivity contribution in [2.75, 3.05) is 26.2 Å². The number of imide groups is 1. The van der Waals surface area contributed by atoms with Crippen LogP contribution in [0.2, 0.25) is 0 Å². The molecule has 27 heavy (non-hydrogen) atoms. The molecule has 0 radical (unpaired) electrons. The minimum Gasteiger partial charge on any atom is -0.466 e. The molecule has 2 heterocycles. The van der Waals surface area contributed by atoms with Crippen LogP contribution in [0.25, 0.3) is 0 Å². The lowest BCUT2D eigenvalue weighted by Gasteiger charge is -2.31. The predicted octanol–water partition coefficient (Wildman–Crippen LogP) is 1.15. The van der Waals surface area contributed by atoms with Crippen LogP contribution in [0.3, 0.4) is 0 Å². The minimum atomic E-state index is -0.404. The summed E-state index contributed by atoms with van der Waals surface area (Å²) in [5.74, 6) is -0.926. The Morgan fingerprint density at radius 1 is 1.22 bits per heavy atom. The van der Waals surface area contributed by atoms with Gasteiger partial charge in [-0.2, -0.15) is 0 Å². The molecule has 0 aromatic heterocycles. The summed E-state index contributed by atoms with van der Waals surface area (Å²) in [6.45, 7) is 3.27. The molecule has 2 saturated heterocycles. The number of nitrogens with one attached hydrogen (secondary N) is 1. The van der Waals surface area contributed by atoms with Gasteiger partial charge in [-0.25, -0.2) is 4.79 Å². The van der Waals surface area contributed by atoms with Gasteiger partial charge in [0.25, 0.3) is 5.91 Å². The van der Waals surface area contributed by atoms with E-state index in [0.717, 1.165) is 23.3 Å². The van der Waals surface area contributed by atoms with Crippen molar-refractivity contribution in [2.45, 2.75) is 26.3 Å². The lowest BCUT2D eigenvalue weighted by molar-refractivity contribution is -0.149. The van der Waals surface area contributed by atoms with E-state index in [2.05, 4.69) is 5.32 Å². The Balaban J connectivity index is 1.62. The molecule has 3 rings (SSSR count). The van der Waals surface area contributed by atoms with Crippen LogP contribution in [0.1, 0.15) is 35.7 Å². The van der Waals surface area contributed by atoms with Crippen LogP contribution < -0.4 is 5.32 Å². The Morgan fingerprint density at radius 3 is 2.59 bits per heavy atom. The second kappa shape index (κ2) is 8.20. The summed E-state index contributed by atoms with van der Waals surface area (Å²) >= 11 is 0. The molecule has 8 heteroatoms. The zero-order chi connectivity index (χ0) is 19.4. The van der Waals surface area contributed by atoms with Crippen molar-refractivity contribution in [1.29, 1.82) is 0 Å². The first kappa shape index (κ1) is 18.9. The van der Waals surface area contributed by atoms with E-state index >= 15 is 0 Å². The average Bonchev–Trinajstić information content (AvgIpc) is 3.00. The second-order valence-corrected chi connectivity index (χ2v) is 6.68. The molecule has 1 atom stereocenters. The molecule has 0 bridgehead atoms. The maximum atomic E-state index is 12.7. The van der Waals surface area contributed by atoms with E-state index in [-0.39, 0.29) is 36.8 Å². The number of hydrogen-bond donors (Lipinski definition) is 1. The second-order valence-electron chi connectivity index (χ2n) is 6.68. The third-order valence-electron chi connectivity index (χ3n) is 4.81. The number of ether oxygens (including phenoxy) is 1. The Kier molecular flexibility index (Phi) is 5.73. The topological polar surface area (TPSA) is 96.0 Å². The molecule has 0 unspecified atom stereocenters. The molecule has 2 aliphatic rings. The average molecular weight is 373 g/mol. The van der Waals surface area contributed by atoms with E-state index in [1.165, 1.54) is 0 Å². The van der Waals surface area contributed by atoms with E-state index in [9.17, 15) is 19.2 Å². The van der Waals surface area contributed by atoms with Crippen LogP contribution in [-0.2, 0) is 20.9 Å². The first-order valence-corrected chi connectivity index (χ1v) is 9.12. The highest BCUT2D eigenvalue weighted by atomic mass is 16.5. The van der Waals surface area contributed by atoms with Crippen molar-refractivity contribution in [2.24, 2.45) is 5.92 Å². The number of carbonyl (C=O) groups excluding carboxylic acids is 4. The number of esters is 1. The zero-order valence-electron chi connectivity index (χ0n) is 15.3. The van der Waals surface area contributed by atoms with Gasteiger partial charge in [0.2, 0.25) is 5.91 Å². The lowest BCUT2D eigenvalue weighted by Crippen LogP contribution is -2.42. The number of urea groups is 1. The van der Waals surface area contributed by atoms with Gasteiger partial charge in [0.05, 0.1) is 25.6 Å². The van der Waals surface area contributed by atoms with Gasteiger partial charge < -0.3 is 15.0 Å². The lowest BCUT2D eigenvalue weighted by atomic mass is 9.97. The normalized spacial score (nSPS) is 19.8. The summed E-state index contributed by atoms with van der Waals surface area (Å²) in [5.41, 5.74) is 1.28. The molecule has 0 aliphatic carbocycles. The molecule has 0 spiro atoms. The molecule has 2 aliphatic heterocycles. The Morgan fingerprint density at radius 2 is 1.96 bits per heavy atom. The number of likely N-dealkylation sites (tertiary alicyclic amines) is 1. The molecule has 2 fully saturated rings. The van der Waals surface area contributed by atoms with Crippen LogP contribution in [-0.4, -0.2) is 59.9 Å². The van der Waals surface area contributed by atoms with Crippen LogP contribution in [0.15, 0.2) is 24.3 Å². The summed E-state index contributed by atoms with van der Waals surface area (Å²) in [5, 5.41) is 2.47. The van der Waals surface area contributed by atoms with Crippen molar-refractivity contribution in [1.82, 2.24) is 15.1 Å². The molecule has 1 N–H and O–H groups in total. The fraction of sp³-hybridized carbons (Fsp3) is 0.474. The summed E-state index contributed by atoms with van der Waals surface area (Å²) in [7, 11) is 0. The van der Waals surface area contributed by atoms with E-state index in [4.69, 9.17) is 4.74 Å². The van der Waals surface area contributed by atoms with E-state index in [1.54, 1.807) is 36.1 Å². The van der Waals surface area contributed by atoms with Crippen LogP contribution in [0.5, 0.6) is 0 Å². The van der Waals surface area contributed by atoms with Crippen LogP contribution >= 0.6 is 0 Å². The first-order chi connectivity index (χ1) is 13.0. The number of carbonyl (C=O) groups is 4. The number of benzene rings is 1. The summed E-state index contributed by atoms with van der Waals surface area (Å²) in [4.78, 5) is 50.7. The molecule has 144 valence electrons. The fourth-order valence-corrected chi connectivity index (χ4v) is 3.35. The van der Waals surface area contributed by atoms with Gasteiger partial charge in [0.15, 0.2) is 0 Å². The third kappa shape index (κ3) is 4.27. The monoisotopic (exact) mass is 373 g/mol. The van der Waals surface area contributed by atoms with Crippen molar-refractivity contribution in [3.63, 3.8) is 0 Å². The maximum Gasteiger partial charge on any atom is 0.324 e. The maximum absolute atomic E-state index is 12.7. The summed E-state index contributed by atoms with van der Waals surface area (Å²) in [6, 6.07) is 6.44. The van der Waals surface area contributed by atoms with Crippen LogP contribution in [0.4, 0.5) is 4.79 Å². The van der Waals surface area contributed by atoms with Gasteiger partial charge in [0.1, 0.15) is 0 Å². The highest BCUT2D eigenvalue weighted by Gasteiger charge is 2.30. The molecular formula is C19H23N3O5. The molecule has 1 aromatic rings. The van der Waals surface area contributed by atoms with Crippen molar-refractivity contribution in [3.05, 3.63) is 35.4 Å². The molecule has 8 nitrogen and oxygen atoms in total. The molecule has 0 saturated carbocycles. The predicted molar refractivity (Wildman–Crippen MR) is 95.7 cm³/mol. The number of nitrogens with zero attached hydrogens (tertiary/aromatic N) is 2. The van der Waals surface area contributed by atoms with Gasteiger partial charge in [-0.1, -0.05) is 12.1 Å². The van der Waals surface area contributed by atoms with Gasteiger partial charge in [-0.15, -0.1) is 0 Å². The highest BCUT2D eigenvalue weighted by Crippen LogP contribution is 2.20. The van der Waals surface area contributed by atoms with Crippen molar-refractivity contribution < 1.29 is 23.9 Å². The Labute approximate surface area is 157 Å². The van der Waals surface area contributed by atoms with E-state index in [1.807, 2.05) is 0 Å². The van der Waals surface area contributed by atoms with Gasteiger partial charge in [-0.05, 0) is 37.5 Å². The number of amides is 4. The van der Waals surface area contributed by atoms with Gasteiger partial charge in [0, 0.05) is 18.7 Å². The third-order valence-corrected chi connectivity index (χ3v) is 4.81. The number of piperidine rings is 1. The van der Waals surface area contributed by atoms with E-state index in [0.29, 0.717) is 25.3 Å². The molecular weight excluding hydrogens is 350 g/mol. The molecule has 4 amide bonds. The largest absolute Gasteiger partial charge is 0.466 e. The number of hydrogen-bond acceptors (Lipinski definition) is 5. The first-order valence-electron chi connectivity index (χ1n) is 9.12. The SMILES string of the molecule is CCOC(=O)[C@H]1CCCN(C(=O)c2ccc(CN3C(=O)CNC3=O)cc2)C1. The number of rotatable bonds is 5.